The second-order valence-corrected chi connectivity index (χ2v) is 3.09. The van der Waals surface area contributed by atoms with Crippen molar-refractivity contribution in [2.24, 2.45) is 12.1 Å². The van der Waals surface area contributed by atoms with Gasteiger partial charge in [-0.05, 0) is 6.42 Å². The average molecular weight is 210 g/mol. The van der Waals surface area contributed by atoms with Gasteiger partial charge in [-0.2, -0.15) is 5.10 Å². The van der Waals surface area contributed by atoms with E-state index in [0.29, 0.717) is 5.82 Å². The molecule has 0 aromatic carbocycles. The molecule has 0 fully saturated rings. The van der Waals surface area contributed by atoms with E-state index >= 15 is 0 Å². The van der Waals surface area contributed by atoms with E-state index in [-0.39, 0.29) is 5.56 Å². The molecule has 0 aliphatic heterocycles. The minimum absolute atomic E-state index is 0.354. The van der Waals surface area contributed by atoms with Gasteiger partial charge in [0.05, 0.1) is 0 Å². The van der Waals surface area contributed by atoms with Gasteiger partial charge in [0.25, 0.3) is 5.56 Å². The molecule has 0 saturated heterocycles. The van der Waals surface area contributed by atoms with E-state index in [2.05, 4.69) is 10.1 Å². The molecule has 1 N–H and O–H groups in total. The van der Waals surface area contributed by atoms with Crippen LogP contribution in [0, 0.1) is 0 Å². The van der Waals surface area contributed by atoms with Crippen molar-refractivity contribution in [2.45, 2.75) is 13.3 Å². The summed E-state index contributed by atoms with van der Waals surface area (Å²) in [5, 5.41) is 5.47. The Bertz CT molecular complexity index is 440. The minimum atomic E-state index is -0.448. The van der Waals surface area contributed by atoms with Gasteiger partial charge in [0, 0.05) is 26.4 Å². The molecule has 1 aromatic rings. The monoisotopic (exact) mass is 210 g/mol. The van der Waals surface area contributed by atoms with Crippen LogP contribution in [-0.2, 0) is 7.05 Å². The third-order valence-electron chi connectivity index (χ3n) is 1.92. The number of aromatic nitrogens is 2. The van der Waals surface area contributed by atoms with Gasteiger partial charge in [0.2, 0.25) is 0 Å². The third-order valence-corrected chi connectivity index (χ3v) is 1.92. The van der Waals surface area contributed by atoms with Gasteiger partial charge in [0.15, 0.2) is 0 Å². The summed E-state index contributed by atoms with van der Waals surface area (Å²) in [6.07, 6.45) is 2.48. The summed E-state index contributed by atoms with van der Waals surface area (Å²) in [6.45, 7) is 1.95. The number of rotatable bonds is 3. The fourth-order valence-electron chi connectivity index (χ4n) is 0.984. The Kier molecular flexibility index (Phi) is 3.43. The predicted molar refractivity (Wildman–Crippen MR) is 59.5 cm³/mol. The van der Waals surface area contributed by atoms with Crippen LogP contribution in [0.2, 0.25) is 0 Å². The van der Waals surface area contributed by atoms with Crippen molar-refractivity contribution in [3.63, 3.8) is 0 Å². The summed E-state index contributed by atoms with van der Waals surface area (Å²) in [5.41, 5.74) is -0.802. The molecule has 0 amide bonds. The van der Waals surface area contributed by atoms with Gasteiger partial charge in [0.1, 0.15) is 5.82 Å². The molecule has 6 nitrogen and oxygen atoms in total. The molecule has 0 bridgehead atoms. The van der Waals surface area contributed by atoms with Crippen LogP contribution in [0.4, 0.5) is 5.82 Å². The highest BCUT2D eigenvalue weighted by molar-refractivity contribution is 5.58. The smallest absolute Gasteiger partial charge is 0.292 e. The molecule has 15 heavy (non-hydrogen) atoms. The van der Waals surface area contributed by atoms with Crippen molar-refractivity contribution >= 4 is 12.0 Å². The maximum Gasteiger partial charge on any atom is 0.329 e. The van der Waals surface area contributed by atoms with E-state index in [9.17, 15) is 9.59 Å². The summed E-state index contributed by atoms with van der Waals surface area (Å²) in [5.74, 6) is 0.382. The summed E-state index contributed by atoms with van der Waals surface area (Å²) < 4.78 is 1.00. The Labute approximate surface area is 86.9 Å². The number of hydrazone groups is 1. The van der Waals surface area contributed by atoms with Crippen molar-refractivity contribution in [2.75, 3.05) is 12.1 Å². The number of aromatic amines is 1. The zero-order valence-electron chi connectivity index (χ0n) is 9.02. The quantitative estimate of drug-likeness (QED) is 0.559. The van der Waals surface area contributed by atoms with Crippen LogP contribution in [0.5, 0.6) is 0 Å². The molecule has 0 aliphatic rings. The first kappa shape index (κ1) is 11.2. The maximum atomic E-state index is 11.3. The number of hydrogen-bond acceptors (Lipinski definition) is 4. The maximum absolute atomic E-state index is 11.3. The molecule has 82 valence electrons. The Morgan fingerprint density at radius 1 is 1.60 bits per heavy atom. The van der Waals surface area contributed by atoms with Gasteiger partial charge in [-0.1, -0.05) is 6.92 Å². The second-order valence-electron chi connectivity index (χ2n) is 3.09. The number of hydrogen-bond donors (Lipinski definition) is 1. The number of nitrogens with zero attached hydrogens (tertiary/aromatic N) is 3. The Morgan fingerprint density at radius 2 is 2.27 bits per heavy atom. The first-order valence-electron chi connectivity index (χ1n) is 4.62. The van der Waals surface area contributed by atoms with E-state index in [0.717, 1.165) is 11.0 Å². The Balaban J connectivity index is 3.12. The molecule has 0 aliphatic carbocycles. The van der Waals surface area contributed by atoms with Gasteiger partial charge in [-0.25, -0.2) is 4.79 Å². The van der Waals surface area contributed by atoms with Crippen LogP contribution in [0.3, 0.4) is 0 Å². The van der Waals surface area contributed by atoms with E-state index < -0.39 is 5.69 Å². The largest absolute Gasteiger partial charge is 0.329 e. The summed E-state index contributed by atoms with van der Waals surface area (Å²) in [4.78, 5) is 25.1. The highest BCUT2D eigenvalue weighted by Crippen LogP contribution is 2.01. The molecule has 0 radical (unpaired) electrons. The van der Waals surface area contributed by atoms with E-state index in [1.165, 1.54) is 18.1 Å². The summed E-state index contributed by atoms with van der Waals surface area (Å²) in [6, 6.07) is 1.33. The lowest BCUT2D eigenvalue weighted by Crippen LogP contribution is -2.33. The first-order chi connectivity index (χ1) is 7.06. The molecule has 6 heteroatoms. The van der Waals surface area contributed by atoms with Crippen LogP contribution < -0.4 is 16.3 Å². The molecule has 0 saturated carbocycles. The highest BCUT2D eigenvalue weighted by Gasteiger charge is 2.03. The fraction of sp³-hybridized carbons (Fsp3) is 0.444. The number of anilines is 1. The lowest BCUT2D eigenvalue weighted by Gasteiger charge is -2.11. The zero-order chi connectivity index (χ0) is 11.4. The first-order valence-corrected chi connectivity index (χ1v) is 4.62. The van der Waals surface area contributed by atoms with Crippen LogP contribution in [0.15, 0.2) is 20.8 Å². The van der Waals surface area contributed by atoms with Gasteiger partial charge in [-0.3, -0.25) is 19.4 Å². The molecule has 0 unspecified atom stereocenters. The number of H-pyrrole nitrogens is 1. The van der Waals surface area contributed by atoms with Gasteiger partial charge >= 0.3 is 5.69 Å². The lowest BCUT2D eigenvalue weighted by molar-refractivity contribution is 0.766. The van der Waals surface area contributed by atoms with Crippen molar-refractivity contribution in [1.82, 2.24) is 9.55 Å². The van der Waals surface area contributed by atoms with E-state index in [1.54, 1.807) is 13.3 Å². The minimum Gasteiger partial charge on any atom is -0.292 e. The molecule has 1 rings (SSSR count). The predicted octanol–water partition coefficient (Wildman–Crippen LogP) is -0.0944. The Morgan fingerprint density at radius 3 is 2.80 bits per heavy atom. The topological polar surface area (TPSA) is 70.5 Å². The van der Waals surface area contributed by atoms with Crippen molar-refractivity contribution < 1.29 is 0 Å². The molecular weight excluding hydrogens is 196 g/mol. The van der Waals surface area contributed by atoms with Crippen LogP contribution in [0.1, 0.15) is 13.3 Å². The summed E-state index contributed by atoms with van der Waals surface area (Å²) in [7, 11) is 3.08. The van der Waals surface area contributed by atoms with Crippen molar-refractivity contribution in [3.05, 3.63) is 26.9 Å². The number of nitrogens with one attached hydrogen (secondary N) is 1. The van der Waals surface area contributed by atoms with Gasteiger partial charge < -0.3 is 0 Å². The molecule has 1 heterocycles. The zero-order valence-corrected chi connectivity index (χ0v) is 9.02. The van der Waals surface area contributed by atoms with Crippen LogP contribution in [0.25, 0.3) is 0 Å². The van der Waals surface area contributed by atoms with E-state index in [4.69, 9.17) is 0 Å². The molecule has 0 atom stereocenters. The molecule has 0 spiro atoms. The van der Waals surface area contributed by atoms with Crippen LogP contribution in [-0.4, -0.2) is 22.8 Å². The van der Waals surface area contributed by atoms with Crippen molar-refractivity contribution in [1.29, 1.82) is 0 Å². The summed E-state index contributed by atoms with van der Waals surface area (Å²) >= 11 is 0. The SMILES string of the molecule is CCC=NN(C)c1cc(=O)n(C)c(=O)[nH]1. The molecule has 1 aromatic heterocycles. The normalized spacial score (nSPS) is 10.9. The molecular formula is C9H14N4O2. The second kappa shape index (κ2) is 4.59. The van der Waals surface area contributed by atoms with E-state index in [1.807, 2.05) is 6.92 Å². The standard InChI is InChI=1S/C9H14N4O2/c1-4-5-10-13(3)7-6-8(14)12(2)9(15)11-7/h5-6H,4H2,1-3H3,(H,11,15). The van der Waals surface area contributed by atoms with Crippen molar-refractivity contribution in [3.8, 4) is 0 Å². The highest BCUT2D eigenvalue weighted by atomic mass is 16.2. The average Bonchev–Trinajstić information content (AvgIpc) is 2.21. The third kappa shape index (κ3) is 2.55. The Hall–Kier alpha value is -1.85. The fourth-order valence-corrected chi connectivity index (χ4v) is 0.984. The van der Waals surface area contributed by atoms with Gasteiger partial charge in [-0.15, -0.1) is 0 Å². The van der Waals surface area contributed by atoms with Crippen LogP contribution >= 0.6 is 0 Å². The lowest BCUT2D eigenvalue weighted by atomic mass is 10.5.